The second kappa shape index (κ2) is 12.6. The summed E-state index contributed by atoms with van der Waals surface area (Å²) in [6.45, 7) is 6.50. The minimum Gasteiger partial charge on any atom is -0.398 e. The number of hydrogen-bond acceptors (Lipinski definition) is 2. The lowest BCUT2D eigenvalue weighted by Crippen LogP contribution is -2.37. The molecule has 0 radical (unpaired) electrons. The normalized spacial score (nSPS) is 11.8. The van der Waals surface area contributed by atoms with Gasteiger partial charge in [-0.1, -0.05) is 78.6 Å². The Morgan fingerprint density at radius 3 is 1.40 bits per heavy atom. The van der Waals surface area contributed by atoms with Crippen LogP contribution in [0.2, 0.25) is 0 Å². The Labute approximate surface area is 125 Å². The van der Waals surface area contributed by atoms with Crippen molar-refractivity contribution in [1.29, 1.82) is 0 Å². The third kappa shape index (κ3) is 9.76. The number of hydrogen-bond donors (Lipinski definition) is 1. The molecule has 0 fully saturated rings. The number of halogens is 1. The maximum atomic E-state index is 13.1. The fraction of sp³-hybridized carbons (Fsp3) is 1.00. The van der Waals surface area contributed by atoms with Crippen molar-refractivity contribution >= 4 is 7.40 Å². The lowest BCUT2D eigenvalue weighted by molar-refractivity contribution is 0.00184. The lowest BCUT2D eigenvalue weighted by atomic mass is 9.84. The molecule has 0 saturated heterocycles. The van der Waals surface area contributed by atoms with Gasteiger partial charge in [-0.25, -0.2) is 0 Å². The van der Waals surface area contributed by atoms with Crippen LogP contribution in [0.5, 0.6) is 0 Å². The van der Waals surface area contributed by atoms with E-state index >= 15 is 0 Å². The highest BCUT2D eigenvalue weighted by Crippen LogP contribution is 2.33. The largest absolute Gasteiger partial charge is 0.677 e. The molecule has 1 N–H and O–H groups in total. The summed E-state index contributed by atoms with van der Waals surface area (Å²) in [7, 11) is -2.14. The van der Waals surface area contributed by atoms with Gasteiger partial charge < -0.3 is 9.68 Å². The van der Waals surface area contributed by atoms with Crippen LogP contribution in [0.4, 0.5) is 4.32 Å². The predicted molar refractivity (Wildman–Crippen MR) is 85.3 cm³/mol. The fourth-order valence-corrected chi connectivity index (χ4v) is 2.85. The van der Waals surface area contributed by atoms with E-state index in [1.165, 1.54) is 0 Å². The fourth-order valence-electron chi connectivity index (χ4n) is 2.85. The molecule has 0 aromatic rings. The van der Waals surface area contributed by atoms with Gasteiger partial charge in [0.2, 0.25) is 0 Å². The molecule has 0 aromatic heterocycles. The van der Waals surface area contributed by atoms with Crippen LogP contribution >= 0.6 is 0 Å². The van der Waals surface area contributed by atoms with Crippen molar-refractivity contribution in [2.45, 2.75) is 103 Å². The number of unbranched alkanes of at least 4 members (excludes halogenated alkanes) is 6. The van der Waals surface area contributed by atoms with Crippen molar-refractivity contribution in [3.63, 3.8) is 0 Å². The van der Waals surface area contributed by atoms with Gasteiger partial charge in [0.05, 0.1) is 5.60 Å². The quantitative estimate of drug-likeness (QED) is 0.341. The average molecular weight is 288 g/mol. The molecular weight excluding hydrogens is 254 g/mol. The van der Waals surface area contributed by atoms with Crippen molar-refractivity contribution in [3.05, 3.63) is 0 Å². The molecule has 0 aliphatic carbocycles. The molecule has 4 heteroatoms. The monoisotopic (exact) mass is 288 g/mol. The maximum Gasteiger partial charge on any atom is 0.677 e. The van der Waals surface area contributed by atoms with Gasteiger partial charge >= 0.3 is 7.40 Å². The van der Waals surface area contributed by atoms with Gasteiger partial charge in [0.15, 0.2) is 0 Å². The Kier molecular flexibility index (Phi) is 12.6. The van der Waals surface area contributed by atoms with E-state index in [1.54, 1.807) is 0 Å². The Hall–Kier alpha value is -0.0851. The molecule has 0 atom stereocenters. The molecule has 0 amide bonds. The van der Waals surface area contributed by atoms with Crippen molar-refractivity contribution in [2.75, 3.05) is 0 Å². The highest BCUT2D eigenvalue weighted by molar-refractivity contribution is 6.33. The molecule has 0 rings (SSSR count). The summed E-state index contributed by atoms with van der Waals surface area (Å²) in [5, 5.41) is 9.07. The molecule has 0 aliphatic rings. The van der Waals surface area contributed by atoms with Crippen molar-refractivity contribution in [3.8, 4) is 0 Å². The van der Waals surface area contributed by atoms with Gasteiger partial charge in [0.25, 0.3) is 0 Å². The smallest absolute Gasteiger partial charge is 0.398 e. The van der Waals surface area contributed by atoms with Crippen LogP contribution in [0.25, 0.3) is 0 Å². The Bertz CT molecular complexity index is 186. The summed E-state index contributed by atoms with van der Waals surface area (Å²) in [5.41, 5.74) is -0.451. The molecule has 20 heavy (non-hydrogen) atoms. The van der Waals surface area contributed by atoms with Crippen LogP contribution in [-0.4, -0.2) is 18.0 Å². The van der Waals surface area contributed by atoms with Gasteiger partial charge in [0, 0.05) is 0 Å². The molecule has 0 unspecified atom stereocenters. The van der Waals surface area contributed by atoms with Crippen LogP contribution < -0.4 is 0 Å². The van der Waals surface area contributed by atoms with E-state index < -0.39 is 13.0 Å². The second-order valence-corrected chi connectivity index (χ2v) is 5.96. The van der Waals surface area contributed by atoms with E-state index in [9.17, 15) is 4.32 Å². The van der Waals surface area contributed by atoms with E-state index in [-0.39, 0.29) is 0 Å². The Morgan fingerprint density at radius 1 is 0.800 bits per heavy atom. The molecule has 0 bridgehead atoms. The van der Waals surface area contributed by atoms with Crippen molar-refractivity contribution in [1.82, 2.24) is 0 Å². The Balaban J connectivity index is 4.57. The van der Waals surface area contributed by atoms with Crippen LogP contribution in [0.3, 0.4) is 0 Å². The summed E-state index contributed by atoms with van der Waals surface area (Å²) >= 11 is 0. The zero-order chi connectivity index (χ0) is 15.3. The summed E-state index contributed by atoms with van der Waals surface area (Å²) in [5.74, 6) is 0. The molecule has 0 spiro atoms. The predicted octanol–water partition coefficient (Wildman–Crippen LogP) is 5.43. The average Bonchev–Trinajstić information content (AvgIpc) is 2.39. The molecule has 0 aromatic carbocycles. The topological polar surface area (TPSA) is 29.5 Å². The third-order valence-electron chi connectivity index (χ3n) is 4.06. The van der Waals surface area contributed by atoms with Crippen LogP contribution in [-0.2, 0) is 4.65 Å². The maximum absolute atomic E-state index is 13.1. The van der Waals surface area contributed by atoms with Gasteiger partial charge in [-0.2, -0.15) is 0 Å². The lowest BCUT2D eigenvalue weighted by Gasteiger charge is -2.34. The summed E-state index contributed by atoms with van der Waals surface area (Å²) in [4.78, 5) is 0. The van der Waals surface area contributed by atoms with Crippen molar-refractivity contribution < 1.29 is 14.0 Å². The zero-order valence-corrected chi connectivity index (χ0v) is 13.8. The van der Waals surface area contributed by atoms with E-state index in [1.807, 2.05) is 0 Å². The molecule has 0 heterocycles. The minimum absolute atomic E-state index is 0.451. The van der Waals surface area contributed by atoms with E-state index in [0.29, 0.717) is 0 Å². The molecular formula is C16H34BFO2. The first-order chi connectivity index (χ1) is 9.60. The van der Waals surface area contributed by atoms with Gasteiger partial charge in [0.1, 0.15) is 0 Å². The van der Waals surface area contributed by atoms with Gasteiger partial charge in [-0.3, -0.25) is 4.32 Å². The molecule has 2 nitrogen and oxygen atoms in total. The highest BCUT2D eigenvalue weighted by Gasteiger charge is 2.34. The van der Waals surface area contributed by atoms with Crippen molar-refractivity contribution in [2.24, 2.45) is 0 Å². The van der Waals surface area contributed by atoms with Gasteiger partial charge in [-0.05, 0) is 19.3 Å². The summed E-state index contributed by atoms with van der Waals surface area (Å²) in [6.07, 6.45) is 12.7. The standard InChI is InChI=1S/C16H34BFO2/c1-4-7-10-13-16(20-17(18)19,14-11-8-5-2)15-12-9-6-3/h19H,4-15H2,1-3H3. The highest BCUT2D eigenvalue weighted by atomic mass is 19.1. The first-order valence-electron chi connectivity index (χ1n) is 8.60. The third-order valence-corrected chi connectivity index (χ3v) is 4.06. The first-order valence-corrected chi connectivity index (χ1v) is 8.60. The minimum atomic E-state index is -2.14. The second-order valence-electron chi connectivity index (χ2n) is 5.96. The molecule has 0 aliphatic heterocycles. The van der Waals surface area contributed by atoms with Crippen LogP contribution in [0.15, 0.2) is 0 Å². The molecule has 120 valence electrons. The zero-order valence-electron chi connectivity index (χ0n) is 13.8. The summed E-state index contributed by atoms with van der Waals surface area (Å²) in [6, 6.07) is 0. The van der Waals surface area contributed by atoms with Crippen LogP contribution in [0.1, 0.15) is 97.8 Å². The van der Waals surface area contributed by atoms with Crippen LogP contribution in [0, 0.1) is 0 Å². The molecule has 0 saturated carbocycles. The van der Waals surface area contributed by atoms with E-state index in [4.69, 9.17) is 9.68 Å². The van der Waals surface area contributed by atoms with E-state index in [2.05, 4.69) is 20.8 Å². The number of rotatable bonds is 14. The Morgan fingerprint density at radius 2 is 1.15 bits per heavy atom. The first kappa shape index (κ1) is 19.9. The van der Waals surface area contributed by atoms with E-state index in [0.717, 1.165) is 77.0 Å². The summed E-state index contributed by atoms with van der Waals surface area (Å²) < 4.78 is 18.4. The SMILES string of the molecule is CCCCCC(CCCCC)(CCCCC)OB(O)F. The van der Waals surface area contributed by atoms with Gasteiger partial charge in [-0.15, -0.1) is 0 Å².